The van der Waals surface area contributed by atoms with Crippen LogP contribution < -0.4 is 9.62 Å². The highest BCUT2D eigenvalue weighted by atomic mass is 32.2. The molecule has 0 spiro atoms. The lowest BCUT2D eigenvalue weighted by atomic mass is 9.84. The molecule has 0 unspecified atom stereocenters. The van der Waals surface area contributed by atoms with Gasteiger partial charge in [0.15, 0.2) is 0 Å². The predicted molar refractivity (Wildman–Crippen MR) is 125 cm³/mol. The van der Waals surface area contributed by atoms with Crippen LogP contribution in [-0.4, -0.2) is 54.5 Å². The van der Waals surface area contributed by atoms with Gasteiger partial charge in [-0.3, -0.25) is 0 Å². The zero-order valence-corrected chi connectivity index (χ0v) is 20.1. The number of nitrogens with one attached hydrogen (secondary N) is 2. The molecule has 2 atom stereocenters. The molecule has 1 aliphatic heterocycles. The first-order chi connectivity index (χ1) is 14.5. The number of fused-ring (bicyclic) bond motifs is 1. The molecule has 1 aliphatic carbocycles. The summed E-state index contributed by atoms with van der Waals surface area (Å²) in [6, 6.07) is 6.41. The van der Waals surface area contributed by atoms with E-state index in [0.29, 0.717) is 5.92 Å². The number of nitrogens with zero attached hydrogens (tertiary/aromatic N) is 2. The zero-order chi connectivity index (χ0) is 22.4. The lowest BCUT2D eigenvalue weighted by molar-refractivity contribution is -0.00544. The molecule has 172 valence electrons. The Labute approximate surface area is 186 Å². The summed E-state index contributed by atoms with van der Waals surface area (Å²) in [5, 5.41) is 0. The minimum atomic E-state index is -3.30. The summed E-state index contributed by atoms with van der Waals surface area (Å²) in [5.41, 5.74) is 3.26. The summed E-state index contributed by atoms with van der Waals surface area (Å²) in [7, 11) is -3.30. The smallest absolute Gasteiger partial charge is 0.216 e. The molecule has 2 fully saturated rings. The van der Waals surface area contributed by atoms with E-state index in [4.69, 9.17) is 9.72 Å². The summed E-state index contributed by atoms with van der Waals surface area (Å²) < 4.78 is 32.9. The largest absolute Gasteiger partial charge is 0.372 e. The predicted octanol–water partition coefficient (Wildman–Crippen LogP) is 3.92. The molecule has 0 aromatic carbocycles. The molecule has 0 radical (unpaired) electrons. The monoisotopic (exact) mass is 448 g/mol. The molecule has 1 saturated carbocycles. The summed E-state index contributed by atoms with van der Waals surface area (Å²) in [6.45, 7) is 11.1. The van der Waals surface area contributed by atoms with E-state index in [2.05, 4.69) is 46.7 Å². The number of hydrogen-bond donors (Lipinski definition) is 2. The van der Waals surface area contributed by atoms with E-state index in [-0.39, 0.29) is 18.2 Å². The van der Waals surface area contributed by atoms with Crippen molar-refractivity contribution in [2.24, 2.45) is 0 Å². The average molecular weight is 449 g/mol. The van der Waals surface area contributed by atoms with Crippen molar-refractivity contribution in [1.82, 2.24) is 14.7 Å². The second kappa shape index (κ2) is 8.37. The van der Waals surface area contributed by atoms with E-state index < -0.39 is 14.8 Å². The summed E-state index contributed by atoms with van der Waals surface area (Å²) >= 11 is 0. The van der Waals surface area contributed by atoms with E-state index in [1.807, 2.05) is 0 Å². The van der Waals surface area contributed by atoms with Crippen LogP contribution in [0.4, 0.5) is 5.82 Å². The Hall–Kier alpha value is -1.64. The van der Waals surface area contributed by atoms with Crippen molar-refractivity contribution in [3.8, 4) is 0 Å². The van der Waals surface area contributed by atoms with E-state index >= 15 is 0 Å². The number of H-pyrrole nitrogens is 1. The van der Waals surface area contributed by atoms with Crippen molar-refractivity contribution in [2.75, 3.05) is 18.0 Å². The van der Waals surface area contributed by atoms with E-state index in [1.165, 1.54) is 5.69 Å². The Balaban J connectivity index is 1.43. The lowest BCUT2D eigenvalue weighted by Gasteiger charge is -2.36. The topological polar surface area (TPSA) is 87.3 Å². The Bertz CT molecular complexity index is 1010. The summed E-state index contributed by atoms with van der Waals surface area (Å²) in [6.07, 6.45) is 4.06. The van der Waals surface area contributed by atoms with Crippen molar-refractivity contribution in [2.45, 2.75) is 89.2 Å². The summed E-state index contributed by atoms with van der Waals surface area (Å²) in [5.74, 6) is 1.41. The van der Waals surface area contributed by atoms with Crippen LogP contribution in [-0.2, 0) is 14.8 Å². The molecule has 2 aromatic rings. The highest BCUT2D eigenvalue weighted by Gasteiger charge is 2.33. The molecule has 0 amide bonds. The highest BCUT2D eigenvalue weighted by Crippen LogP contribution is 2.35. The van der Waals surface area contributed by atoms with Crippen molar-refractivity contribution in [3.63, 3.8) is 0 Å². The Morgan fingerprint density at radius 3 is 2.35 bits per heavy atom. The van der Waals surface area contributed by atoms with Crippen LogP contribution in [0.3, 0.4) is 0 Å². The van der Waals surface area contributed by atoms with Crippen LogP contribution in [0.15, 0.2) is 18.2 Å². The van der Waals surface area contributed by atoms with Crippen molar-refractivity contribution in [3.05, 3.63) is 23.9 Å². The molecule has 8 heteroatoms. The fourth-order valence-electron chi connectivity index (χ4n) is 4.70. The Morgan fingerprint density at radius 1 is 1.10 bits per heavy atom. The van der Waals surface area contributed by atoms with Crippen LogP contribution in [0.25, 0.3) is 11.0 Å². The van der Waals surface area contributed by atoms with Gasteiger partial charge in [-0.15, -0.1) is 0 Å². The van der Waals surface area contributed by atoms with Crippen LogP contribution >= 0.6 is 0 Å². The first-order valence-electron chi connectivity index (χ1n) is 11.4. The fourth-order valence-corrected chi connectivity index (χ4v) is 5.73. The number of rotatable bonds is 4. The van der Waals surface area contributed by atoms with Gasteiger partial charge in [0, 0.05) is 24.8 Å². The second-order valence-electron chi connectivity index (χ2n) is 10.3. The molecule has 4 rings (SSSR count). The third-order valence-corrected chi connectivity index (χ3v) is 8.78. The molecule has 2 aromatic heterocycles. The number of aromatic amines is 1. The second-order valence-corrected chi connectivity index (χ2v) is 12.7. The standard InChI is InChI=1S/C23H36N4O3S/c1-15-13-27(14-16(2)30-15)22-11-10-19-21(25-22)12-20(24-19)17-6-8-18(9-7-17)26-31(28,29)23(3,4)5/h10-12,15-18,24,26H,6-9,13-14H2,1-5H3/t15-,16+,17?,18?. The van der Waals surface area contributed by atoms with Gasteiger partial charge in [0.1, 0.15) is 5.82 Å². The molecule has 2 N–H and O–H groups in total. The Morgan fingerprint density at radius 2 is 1.74 bits per heavy atom. The SMILES string of the molecule is C[C@@H]1CN(c2ccc3[nH]c(C4CCC(NS(=O)(=O)C(C)(C)C)CC4)cc3n2)C[C@H](C)O1. The number of ether oxygens (including phenoxy) is 1. The van der Waals surface area contributed by atoms with Crippen LogP contribution in [0.5, 0.6) is 0 Å². The van der Waals surface area contributed by atoms with Gasteiger partial charge in [-0.1, -0.05) is 0 Å². The normalized spacial score (nSPS) is 28.2. The van der Waals surface area contributed by atoms with Crippen molar-refractivity contribution >= 4 is 26.9 Å². The number of pyridine rings is 1. The molecule has 31 heavy (non-hydrogen) atoms. The molecular formula is C23H36N4O3S. The first-order valence-corrected chi connectivity index (χ1v) is 12.9. The van der Waals surface area contributed by atoms with Gasteiger partial charge >= 0.3 is 0 Å². The molecule has 1 saturated heterocycles. The van der Waals surface area contributed by atoms with Gasteiger partial charge in [-0.25, -0.2) is 18.1 Å². The zero-order valence-electron chi connectivity index (χ0n) is 19.3. The highest BCUT2D eigenvalue weighted by molar-refractivity contribution is 7.90. The summed E-state index contributed by atoms with van der Waals surface area (Å²) in [4.78, 5) is 10.8. The van der Waals surface area contributed by atoms with Crippen LogP contribution in [0.1, 0.15) is 71.9 Å². The van der Waals surface area contributed by atoms with Gasteiger partial charge in [0.25, 0.3) is 0 Å². The van der Waals surface area contributed by atoms with Crippen molar-refractivity contribution < 1.29 is 13.2 Å². The van der Waals surface area contributed by atoms with Gasteiger partial charge in [-0.05, 0) is 84.4 Å². The number of sulfonamides is 1. The number of morpholine rings is 1. The molecule has 7 nitrogen and oxygen atoms in total. The van der Waals surface area contributed by atoms with Gasteiger partial charge < -0.3 is 14.6 Å². The maximum absolute atomic E-state index is 12.5. The third-order valence-electron chi connectivity index (χ3n) is 6.52. The number of hydrogen-bond acceptors (Lipinski definition) is 5. The lowest BCUT2D eigenvalue weighted by Crippen LogP contribution is -2.45. The number of anilines is 1. The fraction of sp³-hybridized carbons (Fsp3) is 0.696. The average Bonchev–Trinajstić information content (AvgIpc) is 3.10. The van der Waals surface area contributed by atoms with E-state index in [1.54, 1.807) is 20.8 Å². The maximum Gasteiger partial charge on any atom is 0.216 e. The molecular weight excluding hydrogens is 412 g/mol. The van der Waals surface area contributed by atoms with Gasteiger partial charge in [0.05, 0.1) is 28.0 Å². The minimum Gasteiger partial charge on any atom is -0.372 e. The molecule has 0 bridgehead atoms. The number of aromatic nitrogens is 2. The molecule has 2 aliphatic rings. The van der Waals surface area contributed by atoms with Crippen LogP contribution in [0, 0.1) is 0 Å². The maximum atomic E-state index is 12.5. The molecule has 3 heterocycles. The van der Waals surface area contributed by atoms with E-state index in [0.717, 1.165) is 55.6 Å². The third kappa shape index (κ3) is 4.91. The van der Waals surface area contributed by atoms with Crippen molar-refractivity contribution in [1.29, 1.82) is 0 Å². The van der Waals surface area contributed by atoms with E-state index in [9.17, 15) is 8.42 Å². The van der Waals surface area contributed by atoms with Gasteiger partial charge in [-0.2, -0.15) is 0 Å². The first kappa shape index (κ1) is 22.6. The quantitative estimate of drug-likeness (QED) is 0.740. The Kier molecular flexibility index (Phi) is 6.09. The minimum absolute atomic E-state index is 0.0277. The van der Waals surface area contributed by atoms with Gasteiger partial charge in [0.2, 0.25) is 10.0 Å². The van der Waals surface area contributed by atoms with Crippen LogP contribution in [0.2, 0.25) is 0 Å².